The molecule has 1 saturated heterocycles. The number of hydrogen-bond acceptors (Lipinski definition) is 4. The summed E-state index contributed by atoms with van der Waals surface area (Å²) < 4.78 is 24.7. The van der Waals surface area contributed by atoms with Gasteiger partial charge in [-0.05, 0) is 36.6 Å². The molecule has 1 atom stereocenters. The third kappa shape index (κ3) is 4.00. The van der Waals surface area contributed by atoms with E-state index in [2.05, 4.69) is 10.3 Å². The van der Waals surface area contributed by atoms with E-state index in [1.807, 2.05) is 12.1 Å². The van der Waals surface area contributed by atoms with Crippen molar-refractivity contribution in [1.29, 1.82) is 0 Å². The van der Waals surface area contributed by atoms with Gasteiger partial charge in [0.05, 0.1) is 24.8 Å². The molecule has 0 amide bonds. The highest BCUT2D eigenvalue weighted by atomic mass is 19.1. The molecule has 118 valence electrons. The highest BCUT2D eigenvalue weighted by molar-refractivity contribution is 5.81. The monoisotopic (exact) mass is 304 g/mol. The Kier molecular flexibility index (Phi) is 5.32. The van der Waals surface area contributed by atoms with E-state index in [0.717, 1.165) is 42.5 Å². The Balaban J connectivity index is 1.45. The van der Waals surface area contributed by atoms with Crippen LogP contribution in [0.15, 0.2) is 30.5 Å². The predicted octanol–water partition coefficient (Wildman–Crippen LogP) is 2.66. The fourth-order valence-corrected chi connectivity index (χ4v) is 2.72. The maximum Gasteiger partial charge on any atom is 0.124 e. The van der Waals surface area contributed by atoms with Crippen molar-refractivity contribution in [3.63, 3.8) is 0 Å². The second kappa shape index (κ2) is 7.63. The Labute approximate surface area is 129 Å². The molecule has 3 rings (SSSR count). The van der Waals surface area contributed by atoms with Crippen LogP contribution in [0.25, 0.3) is 10.9 Å². The topological polar surface area (TPSA) is 43.4 Å². The van der Waals surface area contributed by atoms with Gasteiger partial charge in [0.15, 0.2) is 0 Å². The lowest BCUT2D eigenvalue weighted by Gasteiger charge is -2.11. The SMILES string of the molecule is Fc1cc(CNCCOCC2CCCO2)c2ncccc2c1. The minimum Gasteiger partial charge on any atom is -0.377 e. The third-order valence-corrected chi connectivity index (χ3v) is 3.81. The van der Waals surface area contributed by atoms with Crippen molar-refractivity contribution < 1.29 is 13.9 Å². The van der Waals surface area contributed by atoms with Crippen LogP contribution in [0.5, 0.6) is 0 Å². The minimum absolute atomic E-state index is 0.230. The van der Waals surface area contributed by atoms with Crippen molar-refractivity contribution in [3.8, 4) is 0 Å². The van der Waals surface area contributed by atoms with Gasteiger partial charge < -0.3 is 14.8 Å². The van der Waals surface area contributed by atoms with Crippen LogP contribution < -0.4 is 5.32 Å². The molecule has 2 heterocycles. The maximum atomic E-state index is 13.6. The van der Waals surface area contributed by atoms with Gasteiger partial charge in [-0.3, -0.25) is 4.98 Å². The normalized spacial score (nSPS) is 18.1. The number of nitrogens with one attached hydrogen (secondary N) is 1. The first-order valence-electron chi connectivity index (χ1n) is 7.76. The van der Waals surface area contributed by atoms with Crippen LogP contribution in [0.1, 0.15) is 18.4 Å². The molecule has 0 spiro atoms. The summed E-state index contributed by atoms with van der Waals surface area (Å²) in [4.78, 5) is 4.34. The van der Waals surface area contributed by atoms with Gasteiger partial charge in [-0.2, -0.15) is 0 Å². The standard InChI is InChI=1S/C17H21FN2O2/c18-15-9-13-3-1-5-20-17(13)14(10-15)11-19-6-8-21-12-16-4-2-7-22-16/h1,3,5,9-10,16,19H,2,4,6-8,11-12H2. The third-order valence-electron chi connectivity index (χ3n) is 3.81. The molecule has 1 aromatic heterocycles. The summed E-state index contributed by atoms with van der Waals surface area (Å²) in [6.45, 7) is 3.44. The van der Waals surface area contributed by atoms with Gasteiger partial charge in [-0.15, -0.1) is 0 Å². The number of ether oxygens (including phenoxy) is 2. The summed E-state index contributed by atoms with van der Waals surface area (Å²) >= 11 is 0. The number of pyridine rings is 1. The predicted molar refractivity (Wildman–Crippen MR) is 83.2 cm³/mol. The summed E-state index contributed by atoms with van der Waals surface area (Å²) in [5.74, 6) is -0.230. The van der Waals surface area contributed by atoms with Gasteiger partial charge in [0.1, 0.15) is 5.82 Å². The molecule has 0 bridgehead atoms. The molecule has 1 aliphatic heterocycles. The number of rotatable bonds is 7. The van der Waals surface area contributed by atoms with Crippen molar-refractivity contribution in [2.24, 2.45) is 0 Å². The van der Waals surface area contributed by atoms with Gasteiger partial charge in [-0.1, -0.05) is 6.07 Å². The van der Waals surface area contributed by atoms with Gasteiger partial charge in [0, 0.05) is 31.3 Å². The number of nitrogens with zero attached hydrogens (tertiary/aromatic N) is 1. The number of benzene rings is 1. The first kappa shape index (κ1) is 15.3. The fraction of sp³-hybridized carbons (Fsp3) is 0.471. The second-order valence-corrected chi connectivity index (χ2v) is 5.53. The molecule has 2 aromatic rings. The van der Waals surface area contributed by atoms with Crippen LogP contribution in [-0.2, 0) is 16.0 Å². The van der Waals surface area contributed by atoms with E-state index in [0.29, 0.717) is 19.8 Å². The molecular weight excluding hydrogens is 283 g/mol. The number of hydrogen-bond donors (Lipinski definition) is 1. The Morgan fingerprint density at radius 3 is 3.23 bits per heavy atom. The summed E-state index contributed by atoms with van der Waals surface area (Å²) in [7, 11) is 0. The van der Waals surface area contributed by atoms with Crippen LogP contribution >= 0.6 is 0 Å². The minimum atomic E-state index is -0.230. The molecule has 0 aliphatic carbocycles. The summed E-state index contributed by atoms with van der Waals surface area (Å²) in [6.07, 6.45) is 4.21. The van der Waals surface area contributed by atoms with Crippen molar-refractivity contribution in [3.05, 3.63) is 41.8 Å². The summed E-state index contributed by atoms with van der Waals surface area (Å²) in [5, 5.41) is 4.10. The molecule has 1 aromatic carbocycles. The number of fused-ring (bicyclic) bond motifs is 1. The Morgan fingerprint density at radius 1 is 1.41 bits per heavy atom. The lowest BCUT2D eigenvalue weighted by molar-refractivity contribution is 0.0183. The summed E-state index contributed by atoms with van der Waals surface area (Å²) in [6, 6.07) is 6.74. The lowest BCUT2D eigenvalue weighted by Crippen LogP contribution is -2.22. The molecular formula is C17H21FN2O2. The van der Waals surface area contributed by atoms with E-state index < -0.39 is 0 Å². The Morgan fingerprint density at radius 2 is 2.36 bits per heavy atom. The Bertz CT molecular complexity index is 615. The summed E-state index contributed by atoms with van der Waals surface area (Å²) in [5.41, 5.74) is 1.71. The van der Waals surface area contributed by atoms with Crippen LogP contribution in [0.4, 0.5) is 4.39 Å². The molecule has 1 aliphatic rings. The molecule has 4 nitrogen and oxygen atoms in total. The van der Waals surface area contributed by atoms with Crippen LogP contribution in [0, 0.1) is 5.82 Å². The van der Waals surface area contributed by atoms with Crippen LogP contribution in [0.2, 0.25) is 0 Å². The second-order valence-electron chi connectivity index (χ2n) is 5.53. The van der Waals surface area contributed by atoms with Crippen molar-refractivity contribution in [2.45, 2.75) is 25.5 Å². The molecule has 5 heteroatoms. The van der Waals surface area contributed by atoms with Crippen molar-refractivity contribution >= 4 is 10.9 Å². The molecule has 1 N–H and O–H groups in total. The number of halogens is 1. The first-order chi connectivity index (χ1) is 10.8. The zero-order chi connectivity index (χ0) is 15.2. The molecule has 1 unspecified atom stereocenters. The quantitative estimate of drug-likeness (QED) is 0.799. The van der Waals surface area contributed by atoms with Gasteiger partial charge >= 0.3 is 0 Å². The Hall–Kier alpha value is -1.56. The fourth-order valence-electron chi connectivity index (χ4n) is 2.72. The maximum absolute atomic E-state index is 13.6. The number of aromatic nitrogens is 1. The molecule has 0 saturated carbocycles. The van der Waals surface area contributed by atoms with Crippen molar-refractivity contribution in [2.75, 3.05) is 26.4 Å². The average molecular weight is 304 g/mol. The molecule has 22 heavy (non-hydrogen) atoms. The van der Waals surface area contributed by atoms with Crippen LogP contribution in [-0.4, -0.2) is 37.5 Å². The molecule has 0 radical (unpaired) electrons. The van der Waals surface area contributed by atoms with Crippen LogP contribution in [0.3, 0.4) is 0 Å². The van der Waals surface area contributed by atoms with Crippen molar-refractivity contribution in [1.82, 2.24) is 10.3 Å². The smallest absolute Gasteiger partial charge is 0.124 e. The van der Waals surface area contributed by atoms with E-state index in [1.54, 1.807) is 6.20 Å². The zero-order valence-electron chi connectivity index (χ0n) is 12.6. The zero-order valence-corrected chi connectivity index (χ0v) is 12.6. The van der Waals surface area contributed by atoms with Gasteiger partial charge in [0.25, 0.3) is 0 Å². The van der Waals surface area contributed by atoms with Gasteiger partial charge in [0.2, 0.25) is 0 Å². The molecule has 1 fully saturated rings. The lowest BCUT2D eigenvalue weighted by atomic mass is 10.1. The van der Waals surface area contributed by atoms with E-state index in [1.165, 1.54) is 12.1 Å². The first-order valence-corrected chi connectivity index (χ1v) is 7.76. The van der Waals surface area contributed by atoms with E-state index in [9.17, 15) is 4.39 Å². The highest BCUT2D eigenvalue weighted by Gasteiger charge is 2.14. The largest absolute Gasteiger partial charge is 0.377 e. The average Bonchev–Trinajstić information content (AvgIpc) is 3.03. The van der Waals surface area contributed by atoms with E-state index in [-0.39, 0.29) is 11.9 Å². The van der Waals surface area contributed by atoms with E-state index in [4.69, 9.17) is 9.47 Å². The van der Waals surface area contributed by atoms with E-state index >= 15 is 0 Å². The van der Waals surface area contributed by atoms with Gasteiger partial charge in [-0.25, -0.2) is 4.39 Å². The highest BCUT2D eigenvalue weighted by Crippen LogP contribution is 2.18.